The molecule has 1 N–H and O–H groups in total. The maximum Gasteiger partial charge on any atom is 0.326 e. The van der Waals surface area contributed by atoms with Crippen LogP contribution >= 0.6 is 23.8 Å². The fourth-order valence-electron chi connectivity index (χ4n) is 1.52. The topological polar surface area (TPSA) is 66.4 Å². The van der Waals surface area contributed by atoms with Crippen molar-refractivity contribution in [2.45, 2.75) is 53.4 Å². The highest BCUT2D eigenvalue weighted by atomic mass is 35.7. The van der Waals surface area contributed by atoms with E-state index in [1.54, 1.807) is 0 Å². The molecule has 6 nitrogen and oxygen atoms in total. The molecule has 0 heterocycles. The number of halogens is 1. The molecule has 0 spiro atoms. The van der Waals surface area contributed by atoms with E-state index in [1.807, 2.05) is 0 Å². The summed E-state index contributed by atoms with van der Waals surface area (Å²) in [5.41, 5.74) is 0. The number of rotatable bonds is 12. The Morgan fingerprint density at radius 1 is 0.778 bits per heavy atom. The van der Waals surface area contributed by atoms with Gasteiger partial charge in [0, 0.05) is 35.0 Å². The maximum absolute atomic E-state index is 8.53. The zero-order valence-corrected chi connectivity index (χ0v) is 22.2. The zero-order valence-electron chi connectivity index (χ0n) is 18.0. The molecule has 0 fully saturated rings. The summed E-state index contributed by atoms with van der Waals surface area (Å²) in [7, 11) is 5.91. The van der Waals surface area contributed by atoms with Crippen LogP contribution in [-0.4, -0.2) is 46.8 Å². The molecule has 0 rings (SSSR count). The van der Waals surface area contributed by atoms with Gasteiger partial charge in [0.15, 0.2) is 0 Å². The molecular formula is C16H39ClO6P2S2. The van der Waals surface area contributed by atoms with Crippen LogP contribution in [0, 0.1) is 11.8 Å². The van der Waals surface area contributed by atoms with Crippen molar-refractivity contribution in [2.24, 2.45) is 11.8 Å². The van der Waals surface area contributed by atoms with Crippen LogP contribution in [0.2, 0.25) is 0 Å². The van der Waals surface area contributed by atoms with Crippen molar-refractivity contribution < 1.29 is 27.7 Å². The molecule has 0 radical (unpaired) electrons. The van der Waals surface area contributed by atoms with Gasteiger partial charge in [-0.25, -0.2) is 0 Å². The molecule has 11 heteroatoms. The first kappa shape index (κ1) is 33.0. The number of aliphatic hydroxyl groups excluding tert-OH is 1. The molecular weight excluding hydrogens is 450 g/mol. The summed E-state index contributed by atoms with van der Waals surface area (Å²) in [6.45, 7) is 7.04. The smallest absolute Gasteiger partial charge is 0.326 e. The van der Waals surface area contributed by atoms with Crippen molar-refractivity contribution in [1.29, 1.82) is 0 Å². The minimum absolute atomic E-state index is 0.354. The predicted octanol–water partition coefficient (Wildman–Crippen LogP) is 6.11. The quantitative estimate of drug-likeness (QED) is 0.330. The first-order valence-electron chi connectivity index (χ1n) is 8.96. The largest absolute Gasteiger partial charge is 0.396 e. The van der Waals surface area contributed by atoms with Gasteiger partial charge in [0.25, 0.3) is 5.84 Å². The number of hydrogen-bond donors (Lipinski definition) is 1. The van der Waals surface area contributed by atoms with Gasteiger partial charge in [0.05, 0.1) is 6.61 Å². The average Bonchev–Trinajstić information content (AvgIpc) is 2.70. The Morgan fingerprint density at radius 2 is 1.15 bits per heavy atom. The van der Waals surface area contributed by atoms with Gasteiger partial charge >= 0.3 is 6.72 Å². The van der Waals surface area contributed by atoms with E-state index in [9.17, 15) is 0 Å². The van der Waals surface area contributed by atoms with E-state index in [-0.39, 0.29) is 0 Å². The first-order chi connectivity index (χ1) is 12.6. The molecule has 0 bridgehead atoms. The Bertz CT molecular complexity index is 389. The Morgan fingerprint density at radius 3 is 1.30 bits per heavy atom. The number of aliphatic hydroxyl groups is 1. The molecule has 0 saturated carbocycles. The second-order valence-corrected chi connectivity index (χ2v) is 13.6. The van der Waals surface area contributed by atoms with Crippen molar-refractivity contribution in [3.05, 3.63) is 0 Å². The minimum Gasteiger partial charge on any atom is -0.396 e. The SMILES string of the molecule is CCC(CC)CO.CCC(CC)COP(=S)(OC)OC.COP(=S)(Cl)OC. The average molecular weight is 489 g/mol. The molecule has 0 aromatic rings. The van der Waals surface area contributed by atoms with E-state index in [0.29, 0.717) is 25.0 Å². The van der Waals surface area contributed by atoms with Crippen LogP contribution in [0.4, 0.5) is 0 Å². The lowest BCUT2D eigenvalue weighted by atomic mass is 10.1. The Hall–Kier alpha value is 1.35. The van der Waals surface area contributed by atoms with E-state index < -0.39 is 12.6 Å². The minimum atomic E-state index is -2.43. The third-order valence-corrected chi connectivity index (χ3v) is 9.08. The van der Waals surface area contributed by atoms with Crippen LogP contribution in [0.1, 0.15) is 53.4 Å². The Kier molecular flexibility index (Phi) is 25.2. The van der Waals surface area contributed by atoms with E-state index in [4.69, 9.17) is 41.7 Å². The molecule has 0 aliphatic rings. The fraction of sp³-hybridized carbons (Fsp3) is 1.00. The van der Waals surface area contributed by atoms with Crippen molar-refractivity contribution in [2.75, 3.05) is 41.7 Å². The zero-order chi connectivity index (χ0) is 21.9. The van der Waals surface area contributed by atoms with Gasteiger partial charge in [0.1, 0.15) is 0 Å². The lowest BCUT2D eigenvalue weighted by Crippen LogP contribution is -2.07. The third-order valence-electron chi connectivity index (χ3n) is 3.92. The molecule has 27 heavy (non-hydrogen) atoms. The van der Waals surface area contributed by atoms with Crippen LogP contribution in [0.15, 0.2) is 0 Å². The number of hydrogen-bond acceptors (Lipinski definition) is 8. The molecule has 0 saturated heterocycles. The standard InChI is InChI=1S/C8H19O3PS.C6H14O.C2H6ClO2PS/c1-5-8(6-2)7-11-12(13,9-3)10-4;1-3-6(4-2)5-7;1-4-6(3,7)5-2/h8H,5-7H2,1-4H3;6-7H,3-5H2,1-2H3;1-2H3. The summed E-state index contributed by atoms with van der Waals surface area (Å²) in [6, 6.07) is 0. The summed E-state index contributed by atoms with van der Waals surface area (Å²) in [5, 5.41) is 8.53. The Labute approximate surface area is 181 Å². The summed E-state index contributed by atoms with van der Waals surface area (Å²) in [4.78, 5) is 0. The van der Waals surface area contributed by atoms with Crippen LogP contribution in [-0.2, 0) is 46.2 Å². The highest BCUT2D eigenvalue weighted by Gasteiger charge is 2.18. The fourth-order valence-corrected chi connectivity index (χ4v) is 2.61. The molecule has 0 aromatic carbocycles. The highest BCUT2D eigenvalue weighted by Crippen LogP contribution is 2.52. The molecule has 0 amide bonds. The van der Waals surface area contributed by atoms with Gasteiger partial charge < -0.3 is 27.7 Å². The highest BCUT2D eigenvalue weighted by molar-refractivity contribution is 8.22. The van der Waals surface area contributed by atoms with Crippen LogP contribution in [0.5, 0.6) is 0 Å². The van der Waals surface area contributed by atoms with E-state index in [2.05, 4.69) is 48.5 Å². The van der Waals surface area contributed by atoms with Gasteiger partial charge in [0.2, 0.25) is 0 Å². The predicted molar refractivity (Wildman–Crippen MR) is 124 cm³/mol. The molecule has 0 unspecified atom stereocenters. The van der Waals surface area contributed by atoms with Crippen LogP contribution in [0.3, 0.4) is 0 Å². The van der Waals surface area contributed by atoms with E-state index >= 15 is 0 Å². The first-order valence-corrected chi connectivity index (χ1v) is 15.1. The second kappa shape index (κ2) is 20.6. The summed E-state index contributed by atoms with van der Waals surface area (Å²) < 4.78 is 24.6. The van der Waals surface area contributed by atoms with Crippen LogP contribution < -0.4 is 0 Å². The third kappa shape index (κ3) is 20.4. The normalized spacial score (nSPS) is 11.7. The lowest BCUT2D eigenvalue weighted by molar-refractivity contribution is 0.171. The molecule has 0 aliphatic heterocycles. The van der Waals surface area contributed by atoms with Crippen molar-refractivity contribution in [1.82, 2.24) is 0 Å². The van der Waals surface area contributed by atoms with E-state index in [0.717, 1.165) is 25.7 Å². The van der Waals surface area contributed by atoms with Gasteiger partial charge in [-0.3, -0.25) is 0 Å². The van der Waals surface area contributed by atoms with Gasteiger partial charge in [-0.2, -0.15) is 0 Å². The molecule has 168 valence electrons. The monoisotopic (exact) mass is 488 g/mol. The van der Waals surface area contributed by atoms with Gasteiger partial charge in [-0.05, 0) is 46.7 Å². The summed E-state index contributed by atoms with van der Waals surface area (Å²) >= 11 is 15.0. The van der Waals surface area contributed by atoms with Crippen molar-refractivity contribution in [3.8, 4) is 0 Å². The van der Waals surface area contributed by atoms with Crippen molar-refractivity contribution in [3.63, 3.8) is 0 Å². The maximum atomic E-state index is 8.53. The van der Waals surface area contributed by atoms with Gasteiger partial charge in [-0.1, -0.05) is 53.4 Å². The molecule has 0 aromatic heterocycles. The molecule has 0 aliphatic carbocycles. The molecule has 0 atom stereocenters. The summed E-state index contributed by atoms with van der Waals surface area (Å²) in [5.74, 6) is -1.26. The van der Waals surface area contributed by atoms with Crippen LogP contribution in [0.25, 0.3) is 0 Å². The Balaban J connectivity index is -0.000000350. The van der Waals surface area contributed by atoms with Gasteiger partial charge in [-0.15, -0.1) is 0 Å². The second-order valence-electron chi connectivity index (χ2n) is 5.45. The van der Waals surface area contributed by atoms with Crippen molar-refractivity contribution >= 4 is 47.4 Å². The summed E-state index contributed by atoms with van der Waals surface area (Å²) in [6.07, 6.45) is 4.40. The van der Waals surface area contributed by atoms with E-state index in [1.165, 1.54) is 28.4 Å². The lowest BCUT2D eigenvalue weighted by Gasteiger charge is -2.20.